The molecule has 0 aliphatic carbocycles. The summed E-state index contributed by atoms with van der Waals surface area (Å²) in [5.41, 5.74) is 6.10. The summed E-state index contributed by atoms with van der Waals surface area (Å²) in [4.78, 5) is 29.3. The molecule has 0 aliphatic heterocycles. The van der Waals surface area contributed by atoms with Crippen LogP contribution in [0, 0.1) is 27.7 Å². The van der Waals surface area contributed by atoms with Gasteiger partial charge in [-0.05, 0) is 62.1 Å². The van der Waals surface area contributed by atoms with Crippen LogP contribution in [0.2, 0.25) is 0 Å². The van der Waals surface area contributed by atoms with Crippen molar-refractivity contribution >= 4 is 28.6 Å². The van der Waals surface area contributed by atoms with Gasteiger partial charge < -0.3 is 15.4 Å². The number of carbonyl (C=O) groups is 1. The summed E-state index contributed by atoms with van der Waals surface area (Å²) < 4.78 is 9.41. The summed E-state index contributed by atoms with van der Waals surface area (Å²) in [6.45, 7) is 11.8. The number of aromatic nitrogens is 3. The zero-order valence-electron chi connectivity index (χ0n) is 21.6. The molecule has 0 atom stereocenters. The Kier molecular flexibility index (Phi) is 7.64. The van der Waals surface area contributed by atoms with E-state index >= 15 is 0 Å². The van der Waals surface area contributed by atoms with Gasteiger partial charge in [0.1, 0.15) is 11.3 Å². The van der Waals surface area contributed by atoms with Crippen molar-refractivity contribution < 1.29 is 9.53 Å². The van der Waals surface area contributed by atoms with Gasteiger partial charge in [-0.3, -0.25) is 9.13 Å². The van der Waals surface area contributed by atoms with Crippen LogP contribution in [0.25, 0.3) is 11.2 Å². The number of benzene rings is 2. The van der Waals surface area contributed by atoms with E-state index in [0.29, 0.717) is 28.4 Å². The van der Waals surface area contributed by atoms with Crippen molar-refractivity contribution in [3.8, 4) is 11.5 Å². The van der Waals surface area contributed by atoms with Gasteiger partial charge in [-0.15, -0.1) is 0 Å². The van der Waals surface area contributed by atoms with Crippen LogP contribution in [0.3, 0.4) is 0 Å². The number of carbonyl (C=O) groups excluding carboxylic acids is 1. The number of anilines is 2. The van der Waals surface area contributed by atoms with Crippen molar-refractivity contribution in [2.75, 3.05) is 10.6 Å². The van der Waals surface area contributed by atoms with Crippen LogP contribution in [-0.4, -0.2) is 20.1 Å². The van der Waals surface area contributed by atoms with E-state index in [4.69, 9.17) is 4.74 Å². The second-order valence-electron chi connectivity index (χ2n) is 8.13. The summed E-state index contributed by atoms with van der Waals surface area (Å²) in [6, 6.07) is 10.7. The third kappa shape index (κ3) is 4.77. The van der Waals surface area contributed by atoms with Crippen molar-refractivity contribution in [1.29, 1.82) is 0 Å². The standard InChI is InChI=1S/C25H27N5O3.C2H6/c1-14-16(3)22(33-19-12-13-26-23-21(19)29(5)25(32)30(23)6)17(4)15(2)20(14)28-24(31)27-18-10-8-7-9-11-18;1-2/h7-13H,1-6H3,(H2,27,28,31);1-2H3. The van der Waals surface area contributed by atoms with Crippen molar-refractivity contribution in [2.45, 2.75) is 41.5 Å². The normalized spacial score (nSPS) is 10.5. The first-order valence-electron chi connectivity index (χ1n) is 11.6. The highest BCUT2D eigenvalue weighted by atomic mass is 16.5. The first-order valence-corrected chi connectivity index (χ1v) is 11.6. The molecule has 4 rings (SSSR count). The largest absolute Gasteiger partial charge is 0.454 e. The molecule has 2 aromatic carbocycles. The summed E-state index contributed by atoms with van der Waals surface area (Å²) in [7, 11) is 3.39. The molecule has 0 spiro atoms. The van der Waals surface area contributed by atoms with Crippen molar-refractivity contribution in [1.82, 2.24) is 14.1 Å². The minimum atomic E-state index is -0.310. The Hall–Kier alpha value is -4.07. The van der Waals surface area contributed by atoms with E-state index in [2.05, 4.69) is 15.6 Å². The minimum absolute atomic E-state index is 0.168. The predicted molar refractivity (Wildman–Crippen MR) is 142 cm³/mol. The molecule has 2 N–H and O–H groups in total. The Balaban J connectivity index is 0.00000167. The molecule has 4 aromatic rings. The van der Waals surface area contributed by atoms with E-state index in [1.54, 1.807) is 26.4 Å². The summed E-state index contributed by atoms with van der Waals surface area (Å²) in [6.07, 6.45) is 1.63. The smallest absolute Gasteiger partial charge is 0.329 e. The molecule has 35 heavy (non-hydrogen) atoms. The van der Waals surface area contributed by atoms with Crippen molar-refractivity contribution in [3.05, 3.63) is 75.3 Å². The van der Waals surface area contributed by atoms with E-state index in [9.17, 15) is 9.59 Å². The van der Waals surface area contributed by atoms with Crippen LogP contribution in [0.5, 0.6) is 11.5 Å². The van der Waals surface area contributed by atoms with Gasteiger partial charge in [0.2, 0.25) is 0 Å². The molecule has 0 saturated carbocycles. The molecule has 0 bridgehead atoms. The van der Waals surface area contributed by atoms with Crippen molar-refractivity contribution in [2.24, 2.45) is 14.1 Å². The van der Waals surface area contributed by atoms with Crippen molar-refractivity contribution in [3.63, 3.8) is 0 Å². The van der Waals surface area contributed by atoms with Crippen LogP contribution < -0.4 is 21.1 Å². The Morgan fingerprint density at radius 2 is 1.46 bits per heavy atom. The van der Waals surface area contributed by atoms with Crippen LogP contribution in [0.1, 0.15) is 36.1 Å². The third-order valence-corrected chi connectivity index (χ3v) is 6.13. The average Bonchev–Trinajstić information content (AvgIpc) is 3.09. The fourth-order valence-corrected chi connectivity index (χ4v) is 4.01. The lowest BCUT2D eigenvalue weighted by molar-refractivity contribution is 0.262. The number of amides is 2. The summed E-state index contributed by atoms with van der Waals surface area (Å²) >= 11 is 0. The molecule has 2 amide bonds. The zero-order valence-corrected chi connectivity index (χ0v) is 21.6. The van der Waals surface area contributed by atoms with E-state index in [0.717, 1.165) is 27.9 Å². The summed E-state index contributed by atoms with van der Waals surface area (Å²) in [5, 5.41) is 5.83. The predicted octanol–water partition coefficient (Wildman–Crippen LogP) is 5.97. The number of hydrogen-bond donors (Lipinski definition) is 2. The lowest BCUT2D eigenvalue weighted by Crippen LogP contribution is -2.21. The number of imidazole rings is 1. The van der Waals surface area contributed by atoms with E-state index in [1.165, 1.54) is 9.13 Å². The molecular formula is C27H33N5O3. The number of nitrogens with one attached hydrogen (secondary N) is 2. The number of rotatable bonds is 4. The Bertz CT molecular complexity index is 1410. The van der Waals surface area contributed by atoms with Gasteiger partial charge in [-0.2, -0.15) is 0 Å². The van der Waals surface area contributed by atoms with Crippen LogP contribution in [0.15, 0.2) is 47.4 Å². The molecular weight excluding hydrogens is 442 g/mol. The Labute approximate surface area is 205 Å². The fraction of sp³-hybridized carbons (Fsp3) is 0.296. The number of nitrogens with zero attached hydrogens (tertiary/aromatic N) is 3. The monoisotopic (exact) mass is 475 g/mol. The molecule has 2 heterocycles. The fourth-order valence-electron chi connectivity index (χ4n) is 4.01. The highest BCUT2D eigenvalue weighted by Gasteiger charge is 2.20. The number of hydrogen-bond acceptors (Lipinski definition) is 4. The van der Waals surface area contributed by atoms with Gasteiger partial charge >= 0.3 is 11.7 Å². The topological polar surface area (TPSA) is 90.2 Å². The maximum Gasteiger partial charge on any atom is 0.329 e. The minimum Gasteiger partial charge on any atom is -0.454 e. The molecule has 0 aliphatic rings. The third-order valence-electron chi connectivity index (χ3n) is 6.13. The molecule has 184 valence electrons. The van der Waals surface area contributed by atoms with E-state index < -0.39 is 0 Å². The lowest BCUT2D eigenvalue weighted by Gasteiger charge is -2.21. The van der Waals surface area contributed by atoms with Crippen LogP contribution in [-0.2, 0) is 14.1 Å². The van der Waals surface area contributed by atoms with Gasteiger partial charge in [0.15, 0.2) is 11.4 Å². The van der Waals surface area contributed by atoms with E-state index in [1.807, 2.05) is 71.9 Å². The lowest BCUT2D eigenvalue weighted by atomic mass is 9.97. The molecule has 2 aromatic heterocycles. The maximum atomic E-state index is 12.6. The van der Waals surface area contributed by atoms with Gasteiger partial charge in [-0.25, -0.2) is 14.6 Å². The summed E-state index contributed by atoms with van der Waals surface area (Å²) in [5.74, 6) is 1.25. The highest BCUT2D eigenvalue weighted by Crippen LogP contribution is 2.39. The first kappa shape index (κ1) is 25.6. The van der Waals surface area contributed by atoms with Gasteiger partial charge in [0.25, 0.3) is 0 Å². The first-order chi connectivity index (χ1) is 16.7. The number of para-hydroxylation sites is 1. The quantitative estimate of drug-likeness (QED) is 0.381. The molecule has 0 saturated heterocycles. The number of pyridine rings is 1. The molecule has 8 heteroatoms. The van der Waals surface area contributed by atoms with Gasteiger partial charge in [0, 0.05) is 37.7 Å². The van der Waals surface area contributed by atoms with Gasteiger partial charge in [-0.1, -0.05) is 32.0 Å². The molecule has 0 unspecified atom stereocenters. The second-order valence-corrected chi connectivity index (χ2v) is 8.13. The van der Waals surface area contributed by atoms with Crippen LogP contribution >= 0.6 is 0 Å². The maximum absolute atomic E-state index is 12.6. The number of fused-ring (bicyclic) bond motifs is 1. The number of urea groups is 1. The second kappa shape index (κ2) is 10.5. The Morgan fingerprint density at radius 1 is 0.857 bits per heavy atom. The SMILES string of the molecule is CC.Cc1c(C)c(Oc2ccnc3c2n(C)c(=O)n3C)c(C)c(C)c1NC(=O)Nc1ccccc1. The highest BCUT2D eigenvalue weighted by molar-refractivity contribution is 6.01. The Morgan fingerprint density at radius 3 is 2.06 bits per heavy atom. The zero-order chi connectivity index (χ0) is 25.9. The van der Waals surface area contributed by atoms with E-state index in [-0.39, 0.29) is 11.7 Å². The molecule has 0 fully saturated rings. The van der Waals surface area contributed by atoms with Crippen LogP contribution in [0.4, 0.5) is 16.2 Å². The molecule has 8 nitrogen and oxygen atoms in total. The number of ether oxygens (including phenoxy) is 1. The number of aryl methyl sites for hydroxylation is 2. The average molecular weight is 476 g/mol. The van der Waals surface area contributed by atoms with Gasteiger partial charge in [0.05, 0.1) is 0 Å². The molecule has 0 radical (unpaired) electrons.